The number of benzene rings is 5. The van der Waals surface area contributed by atoms with Gasteiger partial charge in [0.2, 0.25) is 0 Å². The lowest BCUT2D eigenvalue weighted by Crippen LogP contribution is -1.92. The summed E-state index contributed by atoms with van der Waals surface area (Å²) in [6.07, 6.45) is 1.77. The first-order valence-corrected chi connectivity index (χ1v) is 13.6. The highest BCUT2D eigenvalue weighted by atomic mass is 14.8. The van der Waals surface area contributed by atoms with Crippen molar-refractivity contribution in [2.75, 3.05) is 0 Å². The van der Waals surface area contributed by atoms with Gasteiger partial charge in [-0.1, -0.05) is 91.0 Å². The van der Waals surface area contributed by atoms with E-state index in [-0.39, 0.29) is 0 Å². The summed E-state index contributed by atoms with van der Waals surface area (Å²) in [7, 11) is 0. The summed E-state index contributed by atoms with van der Waals surface area (Å²) in [5.74, 6) is 0. The Morgan fingerprint density at radius 1 is 0.561 bits per heavy atom. The van der Waals surface area contributed by atoms with Gasteiger partial charge in [-0.05, 0) is 65.9 Å². The van der Waals surface area contributed by atoms with Gasteiger partial charge in [0.15, 0.2) is 0 Å². The van der Waals surface area contributed by atoms with Gasteiger partial charge in [-0.3, -0.25) is 9.98 Å². The zero-order chi connectivity index (χ0) is 27.8. The molecule has 4 heteroatoms. The predicted octanol–water partition coefficient (Wildman–Crippen LogP) is 9.99. The third-order valence-electron chi connectivity index (χ3n) is 7.49. The first-order valence-electron chi connectivity index (χ1n) is 13.6. The van der Waals surface area contributed by atoms with Crippen LogP contribution >= 0.6 is 0 Å². The van der Waals surface area contributed by atoms with Crippen molar-refractivity contribution in [3.8, 4) is 33.6 Å². The Balaban J connectivity index is 1.35. The summed E-state index contributed by atoms with van der Waals surface area (Å²) < 4.78 is 0. The molecule has 7 aromatic rings. The molecule has 194 valence electrons. The third kappa shape index (κ3) is 4.46. The van der Waals surface area contributed by atoms with E-state index in [4.69, 9.17) is 9.97 Å². The van der Waals surface area contributed by atoms with Crippen molar-refractivity contribution >= 4 is 56.9 Å². The molecule has 7 rings (SSSR count). The van der Waals surface area contributed by atoms with Crippen LogP contribution in [0.4, 0.5) is 11.4 Å². The van der Waals surface area contributed by atoms with Crippen LogP contribution in [0.1, 0.15) is 6.92 Å². The van der Waals surface area contributed by atoms with E-state index in [1.807, 2.05) is 19.1 Å². The Hall–Kier alpha value is -5.48. The highest BCUT2D eigenvalue weighted by Crippen LogP contribution is 2.35. The van der Waals surface area contributed by atoms with Gasteiger partial charge < -0.3 is 0 Å². The second-order valence-corrected chi connectivity index (χ2v) is 9.96. The van der Waals surface area contributed by atoms with Gasteiger partial charge in [0.05, 0.1) is 33.8 Å². The molecule has 0 radical (unpaired) electrons. The van der Waals surface area contributed by atoms with E-state index in [0.29, 0.717) is 0 Å². The zero-order valence-corrected chi connectivity index (χ0v) is 22.6. The topological polar surface area (TPSA) is 50.5 Å². The second kappa shape index (κ2) is 10.2. The van der Waals surface area contributed by atoms with Gasteiger partial charge >= 0.3 is 0 Å². The van der Waals surface area contributed by atoms with Crippen LogP contribution in [0.5, 0.6) is 0 Å². The number of hydrogen-bond donors (Lipinski definition) is 0. The van der Waals surface area contributed by atoms with Crippen LogP contribution in [-0.4, -0.2) is 22.9 Å². The molecule has 0 aliphatic heterocycles. The Labute approximate surface area is 238 Å². The first kappa shape index (κ1) is 24.6. The monoisotopic (exact) mass is 526 g/mol. The molecule has 2 aromatic heterocycles. The number of aromatic nitrogens is 2. The first-order chi connectivity index (χ1) is 20.2. The van der Waals surface area contributed by atoms with Crippen LogP contribution in [0.15, 0.2) is 131 Å². The summed E-state index contributed by atoms with van der Waals surface area (Å²) in [6.45, 7) is 5.57. The SMILES string of the molecule is C=Nc1ccc(-c2cccc(-c3ccc4ccc5ccc(-c6cccc7ccccc67)nc5c4n3)c2)cc1N=CC. The van der Waals surface area contributed by atoms with Crippen molar-refractivity contribution in [2.45, 2.75) is 6.92 Å². The fraction of sp³-hybridized carbons (Fsp3) is 0.0270. The highest BCUT2D eigenvalue weighted by Gasteiger charge is 2.11. The summed E-state index contributed by atoms with van der Waals surface area (Å²) >= 11 is 0. The van der Waals surface area contributed by atoms with Gasteiger partial charge in [0, 0.05) is 28.1 Å². The maximum atomic E-state index is 5.18. The number of fused-ring (bicyclic) bond motifs is 4. The van der Waals surface area contributed by atoms with E-state index in [0.717, 1.165) is 66.8 Å². The minimum atomic E-state index is 0.765. The van der Waals surface area contributed by atoms with Gasteiger partial charge in [0.25, 0.3) is 0 Å². The lowest BCUT2D eigenvalue weighted by atomic mass is 9.99. The van der Waals surface area contributed by atoms with Crippen molar-refractivity contribution in [3.63, 3.8) is 0 Å². The minimum absolute atomic E-state index is 0.765. The Bertz CT molecular complexity index is 2140. The highest BCUT2D eigenvalue weighted by molar-refractivity contribution is 6.05. The number of nitrogens with zero attached hydrogens (tertiary/aromatic N) is 4. The lowest BCUT2D eigenvalue weighted by Gasteiger charge is -2.11. The Kier molecular flexibility index (Phi) is 6.14. The van der Waals surface area contributed by atoms with Crippen LogP contribution in [0.3, 0.4) is 0 Å². The molecule has 0 aliphatic carbocycles. The van der Waals surface area contributed by atoms with Gasteiger partial charge in [0.1, 0.15) is 0 Å². The molecule has 0 fully saturated rings. The molecule has 5 aromatic carbocycles. The van der Waals surface area contributed by atoms with Crippen LogP contribution in [-0.2, 0) is 0 Å². The van der Waals surface area contributed by atoms with Crippen molar-refractivity contribution in [3.05, 3.63) is 121 Å². The Morgan fingerprint density at radius 3 is 2.02 bits per heavy atom. The number of hydrogen-bond acceptors (Lipinski definition) is 4. The average molecular weight is 527 g/mol. The average Bonchev–Trinajstić information content (AvgIpc) is 3.04. The molecule has 0 aliphatic rings. The normalized spacial score (nSPS) is 11.5. The van der Waals surface area contributed by atoms with Gasteiger partial charge in [-0.15, -0.1) is 0 Å². The second-order valence-electron chi connectivity index (χ2n) is 9.96. The molecule has 0 bridgehead atoms. The van der Waals surface area contributed by atoms with E-state index in [1.54, 1.807) is 6.21 Å². The van der Waals surface area contributed by atoms with Crippen LogP contribution < -0.4 is 0 Å². The smallest absolute Gasteiger partial charge is 0.0972 e. The zero-order valence-electron chi connectivity index (χ0n) is 22.6. The molecule has 0 N–H and O–H groups in total. The van der Waals surface area contributed by atoms with E-state index < -0.39 is 0 Å². The lowest BCUT2D eigenvalue weighted by molar-refractivity contribution is 1.37. The number of pyridine rings is 2. The predicted molar refractivity (Wildman–Crippen MR) is 174 cm³/mol. The van der Waals surface area contributed by atoms with Crippen molar-refractivity contribution in [1.82, 2.24) is 9.97 Å². The minimum Gasteiger partial charge on any atom is -0.262 e. The molecule has 0 spiro atoms. The van der Waals surface area contributed by atoms with Gasteiger partial charge in [-0.2, -0.15) is 0 Å². The van der Waals surface area contributed by atoms with E-state index in [1.165, 1.54) is 10.8 Å². The van der Waals surface area contributed by atoms with Crippen molar-refractivity contribution in [2.24, 2.45) is 9.98 Å². The standard InChI is InChI=1S/C37H26N4/c1-3-39-35-23-28(18-21-34(35)38-2)27-10-6-11-29(22-27)32-19-16-25-14-15-26-17-20-33(41-37(26)36(25)40-32)31-13-7-9-24-8-4-5-12-30(24)31/h3-23H,2H2,1H3. The van der Waals surface area contributed by atoms with Crippen molar-refractivity contribution < 1.29 is 0 Å². The molecular weight excluding hydrogens is 500 g/mol. The molecule has 41 heavy (non-hydrogen) atoms. The third-order valence-corrected chi connectivity index (χ3v) is 7.49. The van der Waals surface area contributed by atoms with E-state index in [2.05, 4.69) is 126 Å². The number of rotatable bonds is 5. The quantitative estimate of drug-likeness (QED) is 0.165. The molecule has 2 heterocycles. The van der Waals surface area contributed by atoms with Crippen LogP contribution in [0.25, 0.3) is 66.2 Å². The summed E-state index contributed by atoms with van der Waals surface area (Å²) in [4.78, 5) is 18.9. The molecule has 0 unspecified atom stereocenters. The fourth-order valence-electron chi connectivity index (χ4n) is 5.46. The summed E-state index contributed by atoms with van der Waals surface area (Å²) in [5, 5.41) is 4.53. The van der Waals surface area contributed by atoms with E-state index >= 15 is 0 Å². The van der Waals surface area contributed by atoms with Crippen LogP contribution in [0, 0.1) is 0 Å². The molecule has 4 nitrogen and oxygen atoms in total. The van der Waals surface area contributed by atoms with Crippen molar-refractivity contribution in [1.29, 1.82) is 0 Å². The van der Waals surface area contributed by atoms with E-state index in [9.17, 15) is 0 Å². The molecule has 0 amide bonds. The molecule has 0 atom stereocenters. The summed E-state index contributed by atoms with van der Waals surface area (Å²) in [5.41, 5.74) is 9.52. The maximum Gasteiger partial charge on any atom is 0.0972 e. The van der Waals surface area contributed by atoms with Gasteiger partial charge in [-0.25, -0.2) is 9.97 Å². The maximum absolute atomic E-state index is 5.18. The molecular formula is C37H26N4. The molecule has 0 saturated heterocycles. The fourth-order valence-corrected chi connectivity index (χ4v) is 5.46. The largest absolute Gasteiger partial charge is 0.262 e. The Morgan fingerprint density at radius 2 is 1.22 bits per heavy atom. The summed E-state index contributed by atoms with van der Waals surface area (Å²) in [6, 6.07) is 42.0. The molecule has 0 saturated carbocycles. The number of aliphatic imine (C=N–C) groups is 2. The van der Waals surface area contributed by atoms with Crippen LogP contribution in [0.2, 0.25) is 0 Å².